The summed E-state index contributed by atoms with van der Waals surface area (Å²) in [6.07, 6.45) is 6.17. The standard InChI is InChI=1S/C27H39N/c1-7-22(17-18-26(2,3)4)27(5,6)23-14-16-25-21(19-23)13-15-24(28-25)20-11-9-8-10-12-20/h8-12,14,16,19,22,24,28H,7,13,15,17-18H2,1-6H3. The van der Waals surface area contributed by atoms with Gasteiger partial charge < -0.3 is 5.32 Å². The molecule has 0 aromatic heterocycles. The molecular formula is C27H39N. The second kappa shape index (κ2) is 8.31. The summed E-state index contributed by atoms with van der Waals surface area (Å²) in [7, 11) is 0. The van der Waals surface area contributed by atoms with Crippen molar-refractivity contribution in [1.29, 1.82) is 0 Å². The van der Waals surface area contributed by atoms with E-state index in [1.807, 2.05) is 0 Å². The van der Waals surface area contributed by atoms with Gasteiger partial charge in [-0.1, -0.05) is 90.4 Å². The van der Waals surface area contributed by atoms with Crippen LogP contribution in [-0.4, -0.2) is 0 Å². The van der Waals surface area contributed by atoms with Crippen molar-refractivity contribution in [2.45, 2.75) is 85.1 Å². The minimum absolute atomic E-state index is 0.214. The van der Waals surface area contributed by atoms with Crippen molar-refractivity contribution in [2.75, 3.05) is 5.32 Å². The van der Waals surface area contributed by atoms with Crippen LogP contribution in [0.4, 0.5) is 5.69 Å². The van der Waals surface area contributed by atoms with E-state index in [9.17, 15) is 0 Å². The summed E-state index contributed by atoms with van der Waals surface area (Å²) < 4.78 is 0. The Balaban J connectivity index is 1.77. The lowest BCUT2D eigenvalue weighted by Crippen LogP contribution is -2.30. The van der Waals surface area contributed by atoms with Gasteiger partial charge in [-0.2, -0.15) is 0 Å². The number of fused-ring (bicyclic) bond motifs is 1. The first kappa shape index (κ1) is 21.0. The Morgan fingerprint density at radius 3 is 2.36 bits per heavy atom. The maximum Gasteiger partial charge on any atom is 0.0517 e. The van der Waals surface area contributed by atoms with Gasteiger partial charge in [-0.3, -0.25) is 0 Å². The monoisotopic (exact) mass is 377 g/mol. The fourth-order valence-electron chi connectivity index (χ4n) is 4.76. The topological polar surface area (TPSA) is 12.0 Å². The molecule has 1 nitrogen and oxygen atoms in total. The highest BCUT2D eigenvalue weighted by Crippen LogP contribution is 2.41. The van der Waals surface area contributed by atoms with E-state index in [-0.39, 0.29) is 5.41 Å². The largest absolute Gasteiger partial charge is 0.378 e. The van der Waals surface area contributed by atoms with Crippen LogP contribution >= 0.6 is 0 Å². The Kier molecular flexibility index (Phi) is 6.22. The molecule has 2 aromatic rings. The van der Waals surface area contributed by atoms with Crippen LogP contribution < -0.4 is 5.32 Å². The minimum Gasteiger partial charge on any atom is -0.378 e. The summed E-state index contributed by atoms with van der Waals surface area (Å²) in [5, 5.41) is 3.78. The number of hydrogen-bond acceptors (Lipinski definition) is 1. The predicted octanol–water partition coefficient (Wildman–Crippen LogP) is 7.92. The molecular weight excluding hydrogens is 338 g/mol. The number of benzene rings is 2. The average molecular weight is 378 g/mol. The molecule has 1 aliphatic heterocycles. The Hall–Kier alpha value is -1.76. The maximum atomic E-state index is 3.78. The van der Waals surface area contributed by atoms with Crippen LogP contribution in [0.3, 0.4) is 0 Å². The third-order valence-electron chi connectivity index (χ3n) is 6.84. The Bertz CT molecular complexity index is 767. The molecule has 0 fully saturated rings. The molecule has 2 unspecified atom stereocenters. The zero-order valence-electron chi connectivity index (χ0n) is 18.8. The van der Waals surface area contributed by atoms with E-state index in [0.717, 1.165) is 12.3 Å². The van der Waals surface area contributed by atoms with Crippen molar-refractivity contribution in [3.8, 4) is 0 Å². The zero-order valence-corrected chi connectivity index (χ0v) is 18.8. The second-order valence-electron chi connectivity index (χ2n) is 10.4. The molecule has 0 aliphatic carbocycles. The first-order valence-electron chi connectivity index (χ1n) is 11.2. The molecule has 2 aromatic carbocycles. The van der Waals surface area contributed by atoms with Gasteiger partial charge in [0, 0.05) is 5.69 Å². The molecule has 28 heavy (non-hydrogen) atoms. The predicted molar refractivity (Wildman–Crippen MR) is 123 cm³/mol. The van der Waals surface area contributed by atoms with Crippen molar-refractivity contribution in [2.24, 2.45) is 11.3 Å². The molecule has 0 amide bonds. The van der Waals surface area contributed by atoms with Crippen molar-refractivity contribution in [3.63, 3.8) is 0 Å². The molecule has 0 bridgehead atoms. The smallest absolute Gasteiger partial charge is 0.0517 e. The van der Waals surface area contributed by atoms with Crippen LogP contribution in [0.5, 0.6) is 0 Å². The summed E-state index contributed by atoms with van der Waals surface area (Å²) in [5.41, 5.74) is 6.34. The van der Waals surface area contributed by atoms with Gasteiger partial charge in [0.05, 0.1) is 6.04 Å². The highest BCUT2D eigenvalue weighted by atomic mass is 14.9. The lowest BCUT2D eigenvalue weighted by Gasteiger charge is -2.37. The first-order valence-corrected chi connectivity index (χ1v) is 11.2. The fraction of sp³-hybridized carbons (Fsp3) is 0.556. The van der Waals surface area contributed by atoms with Crippen LogP contribution in [-0.2, 0) is 11.8 Å². The van der Waals surface area contributed by atoms with Gasteiger partial charge >= 0.3 is 0 Å². The molecule has 1 heteroatoms. The zero-order chi connectivity index (χ0) is 20.4. The van der Waals surface area contributed by atoms with Crippen molar-refractivity contribution < 1.29 is 0 Å². The first-order chi connectivity index (χ1) is 13.2. The normalized spacial score (nSPS) is 18.3. The van der Waals surface area contributed by atoms with E-state index in [1.54, 1.807) is 0 Å². The average Bonchev–Trinajstić information content (AvgIpc) is 2.67. The molecule has 2 atom stereocenters. The van der Waals surface area contributed by atoms with E-state index in [0.29, 0.717) is 11.5 Å². The van der Waals surface area contributed by atoms with E-state index < -0.39 is 0 Å². The van der Waals surface area contributed by atoms with E-state index in [1.165, 1.54) is 48.1 Å². The molecule has 0 saturated heterocycles. The van der Waals surface area contributed by atoms with Gasteiger partial charge in [0.25, 0.3) is 0 Å². The molecule has 0 radical (unpaired) electrons. The van der Waals surface area contributed by atoms with Crippen LogP contribution in [0.2, 0.25) is 0 Å². The molecule has 0 saturated carbocycles. The molecule has 1 aliphatic rings. The number of hydrogen-bond donors (Lipinski definition) is 1. The lowest BCUT2D eigenvalue weighted by atomic mass is 9.68. The van der Waals surface area contributed by atoms with Gasteiger partial charge in [-0.25, -0.2) is 0 Å². The van der Waals surface area contributed by atoms with Crippen LogP contribution in [0.25, 0.3) is 0 Å². The van der Waals surface area contributed by atoms with Crippen LogP contribution in [0, 0.1) is 11.3 Å². The SMILES string of the molecule is CCC(CCC(C)(C)C)C(C)(C)c1ccc2c(c1)CCC(c1ccccc1)N2. The van der Waals surface area contributed by atoms with Gasteiger partial charge in [0.2, 0.25) is 0 Å². The second-order valence-corrected chi connectivity index (χ2v) is 10.4. The van der Waals surface area contributed by atoms with Crippen molar-refractivity contribution in [3.05, 3.63) is 65.2 Å². The number of rotatable bonds is 6. The van der Waals surface area contributed by atoms with Crippen molar-refractivity contribution in [1.82, 2.24) is 0 Å². The summed E-state index contributed by atoms with van der Waals surface area (Å²) in [4.78, 5) is 0. The third kappa shape index (κ3) is 4.80. The van der Waals surface area contributed by atoms with E-state index in [4.69, 9.17) is 0 Å². The van der Waals surface area contributed by atoms with Gasteiger partial charge in [-0.15, -0.1) is 0 Å². The number of aryl methyl sites for hydroxylation is 1. The molecule has 3 rings (SSSR count). The number of nitrogens with one attached hydrogen (secondary N) is 1. The van der Waals surface area contributed by atoms with Gasteiger partial charge in [-0.05, 0) is 65.2 Å². The van der Waals surface area contributed by atoms with Crippen LogP contribution in [0.1, 0.15) is 90.0 Å². The highest BCUT2D eigenvalue weighted by Gasteiger charge is 2.32. The van der Waals surface area contributed by atoms with Crippen molar-refractivity contribution >= 4 is 5.69 Å². The summed E-state index contributed by atoms with van der Waals surface area (Å²) >= 11 is 0. The molecule has 0 spiro atoms. The fourth-order valence-corrected chi connectivity index (χ4v) is 4.76. The van der Waals surface area contributed by atoms with E-state index in [2.05, 4.69) is 95.4 Å². The van der Waals surface area contributed by atoms with Gasteiger partial charge in [0.15, 0.2) is 0 Å². The molecule has 1 heterocycles. The lowest BCUT2D eigenvalue weighted by molar-refractivity contribution is 0.241. The summed E-state index contributed by atoms with van der Waals surface area (Å²) in [6.45, 7) is 14.4. The number of anilines is 1. The van der Waals surface area contributed by atoms with E-state index >= 15 is 0 Å². The third-order valence-corrected chi connectivity index (χ3v) is 6.84. The Morgan fingerprint density at radius 1 is 1.00 bits per heavy atom. The summed E-state index contributed by atoms with van der Waals surface area (Å²) in [6, 6.07) is 18.5. The Labute approximate surface area is 173 Å². The maximum absolute atomic E-state index is 3.78. The van der Waals surface area contributed by atoms with Crippen LogP contribution in [0.15, 0.2) is 48.5 Å². The quantitative estimate of drug-likeness (QED) is 0.539. The highest BCUT2D eigenvalue weighted by molar-refractivity contribution is 5.57. The summed E-state index contributed by atoms with van der Waals surface area (Å²) in [5.74, 6) is 0.721. The molecule has 152 valence electrons. The Morgan fingerprint density at radius 2 is 1.71 bits per heavy atom. The molecule has 1 N–H and O–H groups in total. The van der Waals surface area contributed by atoms with Gasteiger partial charge in [0.1, 0.15) is 0 Å². The minimum atomic E-state index is 0.214.